The van der Waals surface area contributed by atoms with Crippen molar-refractivity contribution in [1.29, 1.82) is 0 Å². The topological polar surface area (TPSA) is 84.2 Å². The van der Waals surface area contributed by atoms with Crippen molar-refractivity contribution in [3.63, 3.8) is 0 Å². The average molecular weight is 507 g/mol. The number of carbonyl (C=O) groups excluding carboxylic acids is 1. The monoisotopic (exact) mass is 506 g/mol. The number of aromatic amines is 1. The summed E-state index contributed by atoms with van der Waals surface area (Å²) in [6.45, 7) is 6.34. The molecule has 0 saturated carbocycles. The summed E-state index contributed by atoms with van der Waals surface area (Å²) < 4.78 is 5.62. The molecular formula is C32H34N4O2. The van der Waals surface area contributed by atoms with Crippen LogP contribution in [-0.4, -0.2) is 33.1 Å². The van der Waals surface area contributed by atoms with Gasteiger partial charge in [-0.05, 0) is 79.6 Å². The molecule has 1 aliphatic rings. The minimum atomic E-state index is -0.527. The number of hydrogen-bond acceptors (Lipinski definition) is 4. The molecule has 1 atom stereocenters. The van der Waals surface area contributed by atoms with Crippen LogP contribution in [0.3, 0.4) is 0 Å². The molecule has 6 nitrogen and oxygen atoms in total. The normalized spacial score (nSPS) is 16.0. The maximum Gasteiger partial charge on any atom is 0.410 e. The highest BCUT2D eigenvalue weighted by Gasteiger charge is 2.34. The highest BCUT2D eigenvalue weighted by Crippen LogP contribution is 2.33. The molecule has 0 unspecified atom stereocenters. The lowest BCUT2D eigenvalue weighted by Crippen LogP contribution is -2.36. The van der Waals surface area contributed by atoms with Crippen molar-refractivity contribution in [2.24, 2.45) is 0 Å². The van der Waals surface area contributed by atoms with E-state index in [0.29, 0.717) is 6.54 Å². The summed E-state index contributed by atoms with van der Waals surface area (Å²) in [6.07, 6.45) is 5.53. The van der Waals surface area contributed by atoms with Crippen LogP contribution in [0, 0.1) is 0 Å². The molecule has 0 radical (unpaired) electrons. The second-order valence-electron chi connectivity index (χ2n) is 10.7. The number of imidazole rings is 1. The minimum Gasteiger partial charge on any atom is -0.444 e. The Bertz CT molecular complexity index is 1420. The van der Waals surface area contributed by atoms with E-state index in [1.165, 1.54) is 0 Å². The van der Waals surface area contributed by atoms with Crippen molar-refractivity contribution in [3.05, 3.63) is 108 Å². The SMILES string of the molecule is CC(C)(C)OC(=O)N1CCC[C@H]1c1ncc(-c2ccc(C(=Cc3ccc(N)cc3)c3ccccc3)cc2)[nH]1. The largest absolute Gasteiger partial charge is 0.444 e. The van der Waals surface area contributed by atoms with Gasteiger partial charge in [-0.3, -0.25) is 4.90 Å². The predicted octanol–water partition coefficient (Wildman–Crippen LogP) is 7.32. The summed E-state index contributed by atoms with van der Waals surface area (Å²) in [5, 5.41) is 0. The third-order valence-electron chi connectivity index (χ3n) is 6.63. The number of nitrogens with two attached hydrogens (primary N) is 1. The molecule has 6 heteroatoms. The van der Waals surface area contributed by atoms with E-state index in [4.69, 9.17) is 10.5 Å². The third-order valence-corrected chi connectivity index (χ3v) is 6.63. The second-order valence-corrected chi connectivity index (χ2v) is 10.7. The number of carbonyl (C=O) groups is 1. The van der Waals surface area contributed by atoms with Crippen LogP contribution in [0.15, 0.2) is 85.1 Å². The molecule has 0 spiro atoms. The predicted molar refractivity (Wildman–Crippen MR) is 153 cm³/mol. The molecule has 1 amide bonds. The van der Waals surface area contributed by atoms with Gasteiger partial charge in [0.25, 0.3) is 0 Å². The lowest BCUT2D eigenvalue weighted by molar-refractivity contribution is 0.0218. The van der Waals surface area contributed by atoms with E-state index in [9.17, 15) is 4.79 Å². The molecule has 3 aromatic carbocycles. The molecule has 1 saturated heterocycles. The van der Waals surface area contributed by atoms with E-state index in [-0.39, 0.29) is 12.1 Å². The average Bonchev–Trinajstić information content (AvgIpc) is 3.58. The van der Waals surface area contributed by atoms with Crippen molar-refractivity contribution >= 4 is 23.4 Å². The molecule has 38 heavy (non-hydrogen) atoms. The molecular weight excluding hydrogens is 472 g/mol. The Balaban J connectivity index is 1.39. The first kappa shape index (κ1) is 25.3. The van der Waals surface area contributed by atoms with Crippen LogP contribution >= 0.6 is 0 Å². The zero-order chi connectivity index (χ0) is 26.7. The highest BCUT2D eigenvalue weighted by molar-refractivity contribution is 5.91. The number of ether oxygens (including phenoxy) is 1. The van der Waals surface area contributed by atoms with Crippen molar-refractivity contribution < 1.29 is 9.53 Å². The number of aromatic nitrogens is 2. The zero-order valence-electron chi connectivity index (χ0n) is 22.1. The Kier molecular flexibility index (Phi) is 7.05. The van der Waals surface area contributed by atoms with Crippen LogP contribution < -0.4 is 5.73 Å². The number of H-pyrrole nitrogens is 1. The Labute approximate surface area is 224 Å². The van der Waals surface area contributed by atoms with Crippen molar-refractivity contribution in [3.8, 4) is 11.3 Å². The first-order valence-electron chi connectivity index (χ1n) is 13.0. The van der Waals surface area contributed by atoms with Crippen molar-refractivity contribution in [1.82, 2.24) is 14.9 Å². The van der Waals surface area contributed by atoms with E-state index in [1.807, 2.05) is 57.3 Å². The highest BCUT2D eigenvalue weighted by atomic mass is 16.6. The molecule has 3 N–H and O–H groups in total. The van der Waals surface area contributed by atoms with Gasteiger partial charge in [-0.25, -0.2) is 9.78 Å². The van der Waals surface area contributed by atoms with E-state index < -0.39 is 5.60 Å². The molecule has 2 heterocycles. The van der Waals surface area contributed by atoms with Gasteiger partial charge in [-0.1, -0.05) is 66.7 Å². The van der Waals surface area contributed by atoms with Gasteiger partial charge in [-0.2, -0.15) is 0 Å². The number of benzene rings is 3. The molecule has 4 aromatic rings. The number of anilines is 1. The maximum atomic E-state index is 12.7. The van der Waals surface area contributed by atoms with Crippen LogP contribution in [0.1, 0.15) is 62.2 Å². The van der Waals surface area contributed by atoms with Gasteiger partial charge in [0.15, 0.2) is 0 Å². The van der Waals surface area contributed by atoms with Gasteiger partial charge < -0.3 is 15.5 Å². The van der Waals surface area contributed by atoms with Gasteiger partial charge >= 0.3 is 6.09 Å². The van der Waals surface area contributed by atoms with Crippen LogP contribution in [0.5, 0.6) is 0 Å². The lowest BCUT2D eigenvalue weighted by Gasteiger charge is -2.27. The summed E-state index contributed by atoms with van der Waals surface area (Å²) >= 11 is 0. The second kappa shape index (κ2) is 10.6. The molecule has 0 aliphatic carbocycles. The number of likely N-dealkylation sites (tertiary alicyclic amines) is 1. The number of hydrogen-bond donors (Lipinski definition) is 2. The number of rotatable bonds is 5. The smallest absolute Gasteiger partial charge is 0.410 e. The number of amides is 1. The van der Waals surface area contributed by atoms with Gasteiger partial charge in [0.05, 0.1) is 17.9 Å². The summed E-state index contributed by atoms with van der Waals surface area (Å²) in [4.78, 5) is 22.6. The lowest BCUT2D eigenvalue weighted by atomic mass is 9.94. The summed E-state index contributed by atoms with van der Waals surface area (Å²) in [5.74, 6) is 0.792. The Morgan fingerprint density at radius 3 is 2.37 bits per heavy atom. The minimum absolute atomic E-state index is 0.106. The maximum absolute atomic E-state index is 12.7. The summed E-state index contributed by atoms with van der Waals surface area (Å²) in [7, 11) is 0. The fraction of sp³-hybridized carbons (Fsp3) is 0.250. The number of nitrogens with zero attached hydrogens (tertiary/aromatic N) is 2. The Hall–Kier alpha value is -4.32. The fourth-order valence-electron chi connectivity index (χ4n) is 4.78. The van der Waals surface area contributed by atoms with Crippen molar-refractivity contribution in [2.75, 3.05) is 12.3 Å². The fourth-order valence-corrected chi connectivity index (χ4v) is 4.78. The van der Waals surface area contributed by atoms with Crippen LogP contribution in [0.2, 0.25) is 0 Å². The van der Waals surface area contributed by atoms with Gasteiger partial charge in [0, 0.05) is 12.2 Å². The van der Waals surface area contributed by atoms with Gasteiger partial charge in [0.2, 0.25) is 0 Å². The standard InChI is InChI=1S/C32H34N4O2/c1-32(2,3)38-31(37)36-19-7-10-29(36)30-34-21-28(35-30)25-15-13-24(14-16-25)27(23-8-5-4-6-9-23)20-22-11-17-26(33)18-12-22/h4-6,8-9,11-18,20-21,29H,7,10,19,33H2,1-3H3,(H,34,35)/t29-/m0/s1. The summed E-state index contributed by atoms with van der Waals surface area (Å²) in [5.41, 5.74) is 12.5. The molecule has 194 valence electrons. The molecule has 1 aromatic heterocycles. The number of nitrogen functional groups attached to an aromatic ring is 1. The van der Waals surface area contributed by atoms with E-state index in [0.717, 1.165) is 57.9 Å². The first-order chi connectivity index (χ1) is 18.3. The van der Waals surface area contributed by atoms with Crippen LogP contribution in [-0.2, 0) is 4.74 Å². The number of nitrogens with one attached hydrogen (secondary N) is 1. The zero-order valence-corrected chi connectivity index (χ0v) is 22.1. The Morgan fingerprint density at radius 2 is 1.68 bits per heavy atom. The molecule has 5 rings (SSSR count). The van der Waals surface area contributed by atoms with E-state index in [1.54, 1.807) is 4.90 Å². The van der Waals surface area contributed by atoms with Crippen molar-refractivity contribution in [2.45, 2.75) is 45.3 Å². The quantitative estimate of drug-likeness (QED) is 0.219. The van der Waals surface area contributed by atoms with E-state index in [2.05, 4.69) is 64.6 Å². The van der Waals surface area contributed by atoms with E-state index >= 15 is 0 Å². The van der Waals surface area contributed by atoms with Crippen LogP contribution in [0.25, 0.3) is 22.9 Å². The first-order valence-corrected chi connectivity index (χ1v) is 13.0. The van der Waals surface area contributed by atoms with Crippen LogP contribution in [0.4, 0.5) is 10.5 Å². The molecule has 1 aliphatic heterocycles. The Morgan fingerprint density at radius 1 is 1.00 bits per heavy atom. The van der Waals surface area contributed by atoms with Gasteiger partial charge in [0.1, 0.15) is 11.4 Å². The van der Waals surface area contributed by atoms with Gasteiger partial charge in [-0.15, -0.1) is 0 Å². The molecule has 1 fully saturated rings. The molecule has 0 bridgehead atoms. The summed E-state index contributed by atoms with van der Waals surface area (Å²) in [6, 6.07) is 26.6. The third kappa shape index (κ3) is 5.80.